The molecule has 0 spiro atoms. The van der Waals surface area contributed by atoms with E-state index in [1.807, 2.05) is 77.4 Å². The van der Waals surface area contributed by atoms with Crippen LogP contribution >= 0.6 is 35.0 Å². The summed E-state index contributed by atoms with van der Waals surface area (Å²) < 4.78 is 1.83. The average Bonchev–Trinajstić information content (AvgIpc) is 2.94. The van der Waals surface area contributed by atoms with E-state index in [2.05, 4.69) is 5.32 Å². The molecule has 1 fully saturated rings. The summed E-state index contributed by atoms with van der Waals surface area (Å²) in [4.78, 5) is 31.2. The summed E-state index contributed by atoms with van der Waals surface area (Å²) in [6, 6.07) is 22.8. The molecule has 196 valence electrons. The van der Waals surface area contributed by atoms with Crippen LogP contribution in [-0.2, 0) is 23.6 Å². The molecular formula is C30H29Cl2N3O2S. The number of halogens is 2. The van der Waals surface area contributed by atoms with Crippen molar-refractivity contribution in [3.05, 3.63) is 104 Å². The number of fused-ring (bicyclic) bond motifs is 1. The lowest BCUT2D eigenvalue weighted by molar-refractivity contribution is -0.126. The zero-order valence-corrected chi connectivity index (χ0v) is 23.2. The van der Waals surface area contributed by atoms with Gasteiger partial charge in [-0.15, -0.1) is 0 Å². The summed E-state index contributed by atoms with van der Waals surface area (Å²) >= 11 is 14.1. The second-order valence-electron chi connectivity index (χ2n) is 9.73. The van der Waals surface area contributed by atoms with Gasteiger partial charge in [-0.3, -0.25) is 14.2 Å². The van der Waals surface area contributed by atoms with Gasteiger partial charge in [0.05, 0.1) is 10.9 Å². The molecule has 1 aromatic heterocycles. The standard InChI is InChI=1S/C30H29Cl2N3O2S/c31-25-10-4-1-7-22(25)17-33-28(36)21-15-13-20(14-16-21)18-35-29(37)24-9-3-6-12-27(24)34-30(35)38-19-23-8-2-5-11-26(23)32/h1-12,20-21H,13-19H2,(H,33,36). The maximum Gasteiger partial charge on any atom is 0.262 e. The van der Waals surface area contributed by atoms with E-state index in [1.165, 1.54) is 11.8 Å². The van der Waals surface area contributed by atoms with Crippen LogP contribution < -0.4 is 10.9 Å². The number of hydrogen-bond acceptors (Lipinski definition) is 4. The third-order valence-electron chi connectivity index (χ3n) is 7.21. The molecule has 0 saturated heterocycles. The minimum absolute atomic E-state index is 0.0168. The van der Waals surface area contributed by atoms with Crippen molar-refractivity contribution < 1.29 is 4.79 Å². The Hall–Kier alpha value is -2.80. The van der Waals surface area contributed by atoms with Crippen LogP contribution in [-0.4, -0.2) is 15.5 Å². The zero-order chi connectivity index (χ0) is 26.5. The molecule has 0 bridgehead atoms. The van der Waals surface area contributed by atoms with Crippen molar-refractivity contribution in [1.29, 1.82) is 0 Å². The molecule has 1 saturated carbocycles. The Bertz CT molecular complexity index is 1500. The van der Waals surface area contributed by atoms with E-state index in [0.29, 0.717) is 50.9 Å². The summed E-state index contributed by atoms with van der Waals surface area (Å²) in [6.07, 6.45) is 3.38. The summed E-state index contributed by atoms with van der Waals surface area (Å²) in [6.45, 7) is 1.03. The van der Waals surface area contributed by atoms with Crippen LogP contribution in [0.15, 0.2) is 82.7 Å². The summed E-state index contributed by atoms with van der Waals surface area (Å²) in [5.74, 6) is 0.990. The highest BCUT2D eigenvalue weighted by Crippen LogP contribution is 2.32. The Morgan fingerprint density at radius 2 is 1.53 bits per heavy atom. The number of nitrogens with one attached hydrogen (secondary N) is 1. The Balaban J connectivity index is 1.26. The normalized spacial score (nSPS) is 17.4. The molecule has 5 nitrogen and oxygen atoms in total. The predicted octanol–water partition coefficient (Wildman–Crippen LogP) is 7.12. The number of hydrogen-bond donors (Lipinski definition) is 1. The van der Waals surface area contributed by atoms with Crippen molar-refractivity contribution in [1.82, 2.24) is 14.9 Å². The topological polar surface area (TPSA) is 64.0 Å². The molecule has 0 radical (unpaired) electrons. The third-order valence-corrected chi connectivity index (χ3v) is 8.97. The van der Waals surface area contributed by atoms with Crippen LogP contribution in [0.3, 0.4) is 0 Å². The number of carbonyl (C=O) groups is 1. The lowest BCUT2D eigenvalue weighted by atomic mass is 9.81. The van der Waals surface area contributed by atoms with Gasteiger partial charge in [0, 0.05) is 34.8 Å². The van der Waals surface area contributed by atoms with Crippen molar-refractivity contribution in [3.8, 4) is 0 Å². The van der Waals surface area contributed by atoms with E-state index in [0.717, 1.165) is 36.8 Å². The van der Waals surface area contributed by atoms with E-state index in [4.69, 9.17) is 28.2 Å². The van der Waals surface area contributed by atoms with Crippen LogP contribution in [0.5, 0.6) is 0 Å². The number of carbonyl (C=O) groups excluding carboxylic acids is 1. The molecule has 3 aromatic carbocycles. The largest absolute Gasteiger partial charge is 0.352 e. The number of amides is 1. The molecule has 1 heterocycles. The first-order chi connectivity index (χ1) is 18.5. The van der Waals surface area contributed by atoms with Crippen molar-refractivity contribution in [3.63, 3.8) is 0 Å². The summed E-state index contributed by atoms with van der Waals surface area (Å²) in [7, 11) is 0. The molecule has 1 aliphatic carbocycles. The third kappa shape index (κ3) is 6.25. The van der Waals surface area contributed by atoms with Gasteiger partial charge in [0.15, 0.2) is 5.16 Å². The van der Waals surface area contributed by atoms with Crippen LogP contribution in [0, 0.1) is 11.8 Å². The Kier molecular flexibility index (Phi) is 8.72. The number of benzene rings is 3. The van der Waals surface area contributed by atoms with Crippen LogP contribution in [0.25, 0.3) is 10.9 Å². The molecular weight excluding hydrogens is 537 g/mol. The molecule has 0 atom stereocenters. The highest BCUT2D eigenvalue weighted by Gasteiger charge is 2.27. The Morgan fingerprint density at radius 1 is 0.895 bits per heavy atom. The van der Waals surface area contributed by atoms with Crippen LogP contribution in [0.2, 0.25) is 10.0 Å². The smallest absolute Gasteiger partial charge is 0.262 e. The summed E-state index contributed by atoms with van der Waals surface area (Å²) in [5, 5.41) is 5.75. The van der Waals surface area contributed by atoms with Gasteiger partial charge >= 0.3 is 0 Å². The quantitative estimate of drug-likeness (QED) is 0.182. The van der Waals surface area contributed by atoms with Crippen LogP contribution in [0.4, 0.5) is 0 Å². The number of aromatic nitrogens is 2. The van der Waals surface area contributed by atoms with E-state index < -0.39 is 0 Å². The molecule has 0 unspecified atom stereocenters. The minimum atomic E-state index is -0.0192. The van der Waals surface area contributed by atoms with Crippen molar-refractivity contribution >= 4 is 51.8 Å². The zero-order valence-electron chi connectivity index (χ0n) is 20.9. The van der Waals surface area contributed by atoms with Gasteiger partial charge in [0.2, 0.25) is 5.91 Å². The number of thioether (sulfide) groups is 1. The highest BCUT2D eigenvalue weighted by molar-refractivity contribution is 7.98. The fraction of sp³-hybridized carbons (Fsp3) is 0.300. The maximum absolute atomic E-state index is 13.5. The monoisotopic (exact) mass is 565 g/mol. The van der Waals surface area contributed by atoms with Crippen LogP contribution in [0.1, 0.15) is 36.8 Å². The molecule has 1 aliphatic rings. The van der Waals surface area contributed by atoms with Gasteiger partial charge in [-0.05, 0) is 67.0 Å². The number of para-hydroxylation sites is 1. The SMILES string of the molecule is O=C(NCc1ccccc1Cl)C1CCC(Cn2c(SCc3ccccc3Cl)nc3ccccc3c2=O)CC1. The van der Waals surface area contributed by atoms with Gasteiger partial charge in [0.25, 0.3) is 5.56 Å². The van der Waals surface area contributed by atoms with Crippen molar-refractivity contribution in [2.45, 2.75) is 49.7 Å². The van der Waals surface area contributed by atoms with E-state index in [-0.39, 0.29) is 17.4 Å². The van der Waals surface area contributed by atoms with E-state index in [9.17, 15) is 9.59 Å². The second-order valence-corrected chi connectivity index (χ2v) is 11.5. The molecule has 1 N–H and O–H groups in total. The van der Waals surface area contributed by atoms with Gasteiger partial charge < -0.3 is 5.32 Å². The first-order valence-electron chi connectivity index (χ1n) is 12.9. The van der Waals surface area contributed by atoms with Crippen molar-refractivity contribution in [2.75, 3.05) is 0 Å². The van der Waals surface area contributed by atoms with Gasteiger partial charge in [-0.1, -0.05) is 83.5 Å². The predicted molar refractivity (Wildman–Crippen MR) is 156 cm³/mol. The lowest BCUT2D eigenvalue weighted by Gasteiger charge is -2.28. The molecule has 0 aliphatic heterocycles. The fourth-order valence-corrected chi connectivity index (χ4v) is 6.51. The van der Waals surface area contributed by atoms with Gasteiger partial charge in [0.1, 0.15) is 0 Å². The van der Waals surface area contributed by atoms with E-state index in [1.54, 1.807) is 0 Å². The molecule has 5 rings (SSSR count). The number of nitrogens with zero attached hydrogens (tertiary/aromatic N) is 2. The molecule has 4 aromatic rings. The maximum atomic E-state index is 13.5. The second kappa shape index (κ2) is 12.4. The van der Waals surface area contributed by atoms with Gasteiger partial charge in [-0.25, -0.2) is 4.98 Å². The summed E-state index contributed by atoms with van der Waals surface area (Å²) in [5.41, 5.74) is 2.61. The van der Waals surface area contributed by atoms with E-state index >= 15 is 0 Å². The number of rotatable bonds is 8. The first kappa shape index (κ1) is 26.8. The fourth-order valence-electron chi connectivity index (χ4n) is 5.01. The van der Waals surface area contributed by atoms with Crippen molar-refractivity contribution in [2.24, 2.45) is 11.8 Å². The minimum Gasteiger partial charge on any atom is -0.352 e. The Labute approximate surface area is 236 Å². The molecule has 1 amide bonds. The highest BCUT2D eigenvalue weighted by atomic mass is 35.5. The average molecular weight is 567 g/mol. The first-order valence-corrected chi connectivity index (χ1v) is 14.6. The van der Waals surface area contributed by atoms with Gasteiger partial charge in [-0.2, -0.15) is 0 Å². The molecule has 38 heavy (non-hydrogen) atoms. The molecule has 8 heteroatoms. The lowest BCUT2D eigenvalue weighted by Crippen LogP contribution is -2.34. The Morgan fingerprint density at radius 3 is 2.24 bits per heavy atom.